The first-order valence-electron chi connectivity index (χ1n) is 6.03. The number of para-hydroxylation sites is 1. The summed E-state index contributed by atoms with van der Waals surface area (Å²) in [5, 5.41) is 0.571. The molecule has 0 saturated carbocycles. The lowest BCUT2D eigenvalue weighted by Crippen LogP contribution is -2.03. The fourth-order valence-electron chi connectivity index (χ4n) is 1.86. The minimum Gasteiger partial charge on any atom is -0.291 e. The van der Waals surface area contributed by atoms with E-state index in [1.165, 1.54) is 11.3 Å². The van der Waals surface area contributed by atoms with Gasteiger partial charge < -0.3 is 0 Å². The Hall–Kier alpha value is -2.07. The molecule has 0 fully saturated rings. The molecule has 0 bridgehead atoms. The van der Waals surface area contributed by atoms with Crippen LogP contribution >= 0.6 is 11.3 Å². The Bertz CT molecular complexity index is 698. The molecular formula is C15H12N2OS. The smallest absolute Gasteiger partial charge is 0.195 e. The lowest BCUT2D eigenvalue weighted by Gasteiger charge is -1.98. The van der Waals surface area contributed by atoms with E-state index in [4.69, 9.17) is 0 Å². The Balaban J connectivity index is 1.85. The number of thiazole rings is 1. The van der Waals surface area contributed by atoms with Gasteiger partial charge in [0, 0.05) is 18.3 Å². The number of nitrogens with zero attached hydrogens (tertiary/aromatic N) is 2. The van der Waals surface area contributed by atoms with E-state index in [0.29, 0.717) is 11.4 Å². The van der Waals surface area contributed by atoms with Crippen molar-refractivity contribution in [3.05, 3.63) is 58.9 Å². The summed E-state index contributed by atoms with van der Waals surface area (Å²) in [7, 11) is 0. The van der Waals surface area contributed by atoms with Crippen LogP contribution in [0.2, 0.25) is 0 Å². The fraction of sp³-hybridized carbons (Fsp3) is 0.133. The number of carbonyl (C=O) groups excluding carboxylic acids is 1. The molecule has 0 N–H and O–H groups in total. The second kappa shape index (κ2) is 4.90. The number of benzene rings is 1. The molecular weight excluding hydrogens is 256 g/mol. The lowest BCUT2D eigenvalue weighted by molar-refractivity contribution is 0.0992. The highest BCUT2D eigenvalue weighted by atomic mass is 32.1. The van der Waals surface area contributed by atoms with Crippen molar-refractivity contribution < 1.29 is 4.79 Å². The largest absolute Gasteiger partial charge is 0.291 e. The molecule has 0 spiro atoms. The van der Waals surface area contributed by atoms with Crippen LogP contribution in [0.3, 0.4) is 0 Å². The second-order valence-corrected chi connectivity index (χ2v) is 5.43. The number of Topliss-reactive ketones (excluding diaryl/α,β-unsaturated/α-hetero) is 1. The zero-order valence-corrected chi connectivity index (χ0v) is 11.3. The highest BCUT2D eigenvalue weighted by molar-refractivity contribution is 7.20. The standard InChI is InChI=1S/C15H12N2OS/c1-10-6-7-11(9-16-10)8-13(18)15-17-12-4-2-3-5-14(12)19-15/h2-7,9H,8H2,1H3. The maximum absolute atomic E-state index is 12.2. The number of hydrogen-bond donors (Lipinski definition) is 0. The average Bonchev–Trinajstić information content (AvgIpc) is 2.85. The highest BCUT2D eigenvalue weighted by Gasteiger charge is 2.12. The molecule has 2 aromatic heterocycles. The fourth-order valence-corrected chi connectivity index (χ4v) is 2.76. The van der Waals surface area contributed by atoms with E-state index in [1.807, 2.05) is 43.3 Å². The van der Waals surface area contributed by atoms with Gasteiger partial charge in [0.25, 0.3) is 0 Å². The van der Waals surface area contributed by atoms with Gasteiger partial charge in [-0.15, -0.1) is 11.3 Å². The number of aryl methyl sites for hydroxylation is 1. The third-order valence-electron chi connectivity index (χ3n) is 2.87. The normalized spacial score (nSPS) is 10.8. The zero-order valence-electron chi connectivity index (χ0n) is 10.5. The quantitative estimate of drug-likeness (QED) is 0.683. The summed E-state index contributed by atoms with van der Waals surface area (Å²) in [5.74, 6) is 0.0480. The molecule has 3 rings (SSSR count). The van der Waals surface area contributed by atoms with Crippen molar-refractivity contribution in [2.45, 2.75) is 13.3 Å². The summed E-state index contributed by atoms with van der Waals surface area (Å²) in [6.45, 7) is 1.93. The van der Waals surface area contributed by atoms with E-state index >= 15 is 0 Å². The third kappa shape index (κ3) is 2.53. The summed E-state index contributed by atoms with van der Waals surface area (Å²) >= 11 is 1.45. The number of ketones is 1. The molecule has 0 unspecified atom stereocenters. The minimum absolute atomic E-state index is 0.0480. The molecule has 0 saturated heterocycles. The van der Waals surface area contributed by atoms with E-state index in [0.717, 1.165) is 21.5 Å². The summed E-state index contributed by atoms with van der Waals surface area (Å²) < 4.78 is 1.05. The van der Waals surface area contributed by atoms with Crippen molar-refractivity contribution in [1.29, 1.82) is 0 Å². The van der Waals surface area contributed by atoms with Crippen LogP contribution < -0.4 is 0 Å². The predicted octanol–water partition coefficient (Wildman–Crippen LogP) is 3.43. The first-order valence-corrected chi connectivity index (χ1v) is 6.84. The van der Waals surface area contributed by atoms with Gasteiger partial charge in [0.15, 0.2) is 10.8 Å². The lowest BCUT2D eigenvalue weighted by atomic mass is 10.1. The Morgan fingerprint density at radius 1 is 1.21 bits per heavy atom. The van der Waals surface area contributed by atoms with Crippen molar-refractivity contribution in [3.63, 3.8) is 0 Å². The van der Waals surface area contributed by atoms with Gasteiger partial charge in [-0.25, -0.2) is 4.98 Å². The molecule has 3 aromatic rings. The van der Waals surface area contributed by atoms with Gasteiger partial charge in [-0.2, -0.15) is 0 Å². The Morgan fingerprint density at radius 2 is 2.05 bits per heavy atom. The third-order valence-corrected chi connectivity index (χ3v) is 3.95. The number of carbonyl (C=O) groups is 1. The van der Waals surface area contributed by atoms with Crippen LogP contribution in [-0.2, 0) is 6.42 Å². The summed E-state index contributed by atoms with van der Waals surface area (Å²) in [4.78, 5) is 20.8. The van der Waals surface area contributed by atoms with Gasteiger partial charge in [0.2, 0.25) is 0 Å². The number of aromatic nitrogens is 2. The average molecular weight is 268 g/mol. The Morgan fingerprint density at radius 3 is 2.79 bits per heavy atom. The van der Waals surface area contributed by atoms with Crippen LogP contribution in [0.4, 0.5) is 0 Å². The van der Waals surface area contributed by atoms with Crippen molar-refractivity contribution in [3.8, 4) is 0 Å². The van der Waals surface area contributed by atoms with Gasteiger partial charge in [0.1, 0.15) is 0 Å². The molecule has 0 aliphatic rings. The monoisotopic (exact) mass is 268 g/mol. The highest BCUT2D eigenvalue weighted by Crippen LogP contribution is 2.22. The van der Waals surface area contributed by atoms with Crippen molar-refractivity contribution >= 4 is 27.3 Å². The Kier molecular flexibility index (Phi) is 3.09. The van der Waals surface area contributed by atoms with Crippen LogP contribution in [-0.4, -0.2) is 15.8 Å². The minimum atomic E-state index is 0.0480. The maximum Gasteiger partial charge on any atom is 0.195 e. The molecule has 94 valence electrons. The van der Waals surface area contributed by atoms with Gasteiger partial charge in [-0.3, -0.25) is 9.78 Å². The van der Waals surface area contributed by atoms with Crippen LogP contribution in [0.15, 0.2) is 42.6 Å². The molecule has 0 radical (unpaired) electrons. The van der Waals surface area contributed by atoms with Gasteiger partial charge in [-0.1, -0.05) is 18.2 Å². The number of fused-ring (bicyclic) bond motifs is 1. The molecule has 19 heavy (non-hydrogen) atoms. The summed E-state index contributed by atoms with van der Waals surface area (Å²) in [6.07, 6.45) is 2.10. The van der Waals surface area contributed by atoms with E-state index in [9.17, 15) is 4.79 Å². The second-order valence-electron chi connectivity index (χ2n) is 4.39. The van der Waals surface area contributed by atoms with Crippen LogP contribution in [0, 0.1) is 6.92 Å². The van der Waals surface area contributed by atoms with Crippen LogP contribution in [0.5, 0.6) is 0 Å². The molecule has 0 amide bonds. The van der Waals surface area contributed by atoms with Crippen LogP contribution in [0.25, 0.3) is 10.2 Å². The van der Waals surface area contributed by atoms with Crippen molar-refractivity contribution in [2.24, 2.45) is 0 Å². The molecule has 0 aliphatic heterocycles. The summed E-state index contributed by atoms with van der Waals surface area (Å²) in [6, 6.07) is 11.7. The van der Waals surface area contributed by atoms with Gasteiger partial charge in [-0.05, 0) is 30.7 Å². The van der Waals surface area contributed by atoms with Crippen molar-refractivity contribution in [1.82, 2.24) is 9.97 Å². The molecule has 0 aliphatic carbocycles. The maximum atomic E-state index is 12.2. The molecule has 3 nitrogen and oxygen atoms in total. The molecule has 4 heteroatoms. The zero-order chi connectivity index (χ0) is 13.2. The van der Waals surface area contributed by atoms with Gasteiger partial charge >= 0.3 is 0 Å². The van der Waals surface area contributed by atoms with Crippen molar-refractivity contribution in [2.75, 3.05) is 0 Å². The predicted molar refractivity (Wildman–Crippen MR) is 76.6 cm³/mol. The SMILES string of the molecule is Cc1ccc(CC(=O)c2nc3ccccc3s2)cn1. The van der Waals surface area contributed by atoms with E-state index < -0.39 is 0 Å². The first-order chi connectivity index (χ1) is 9.22. The molecule has 0 atom stereocenters. The number of hydrogen-bond acceptors (Lipinski definition) is 4. The summed E-state index contributed by atoms with van der Waals surface area (Å²) in [5.41, 5.74) is 2.77. The number of rotatable bonds is 3. The first kappa shape index (κ1) is 12.0. The van der Waals surface area contributed by atoms with E-state index in [2.05, 4.69) is 9.97 Å². The van der Waals surface area contributed by atoms with E-state index in [1.54, 1.807) is 6.20 Å². The molecule has 1 aromatic carbocycles. The Labute approximate surface area is 115 Å². The number of pyridine rings is 1. The van der Waals surface area contributed by atoms with Gasteiger partial charge in [0.05, 0.1) is 10.2 Å². The topological polar surface area (TPSA) is 42.9 Å². The van der Waals surface area contributed by atoms with E-state index in [-0.39, 0.29) is 5.78 Å². The van der Waals surface area contributed by atoms with Crippen LogP contribution in [0.1, 0.15) is 21.1 Å². The molecule has 2 heterocycles.